The van der Waals surface area contributed by atoms with Crippen LogP contribution in [0.2, 0.25) is 0 Å². The number of anilines is 2. The number of hydrogen-bond acceptors (Lipinski definition) is 4. The van der Waals surface area contributed by atoms with Crippen molar-refractivity contribution < 1.29 is 0 Å². The molecule has 2 aromatic rings. The molecule has 0 amide bonds. The molecule has 0 aliphatic carbocycles. The van der Waals surface area contributed by atoms with Gasteiger partial charge in [-0.1, -0.05) is 30.3 Å². The standard InChI is InChI=1S/C14H16N4/c1-10-13-14(17-11(2)16-10)15-9-18(13)8-12-6-4-3-5-7-12/h3-7H,8-9H2,1-2H3,(H,15,16,17). The third-order valence-electron chi connectivity index (χ3n) is 3.14. The Bertz CT molecular complexity index is 566. The first-order valence-electron chi connectivity index (χ1n) is 6.12. The van der Waals surface area contributed by atoms with E-state index in [1.807, 2.05) is 19.9 Å². The van der Waals surface area contributed by atoms with Crippen molar-refractivity contribution in [2.45, 2.75) is 20.4 Å². The molecule has 1 aromatic heterocycles. The molecule has 0 radical (unpaired) electrons. The Hall–Kier alpha value is -2.10. The van der Waals surface area contributed by atoms with Crippen LogP contribution in [0, 0.1) is 13.8 Å². The van der Waals surface area contributed by atoms with E-state index in [0.29, 0.717) is 0 Å². The Kier molecular flexibility index (Phi) is 2.63. The van der Waals surface area contributed by atoms with Gasteiger partial charge in [0, 0.05) is 6.54 Å². The molecule has 0 spiro atoms. The predicted octanol–water partition coefficient (Wildman–Crippen LogP) is 2.48. The predicted molar refractivity (Wildman–Crippen MR) is 72.6 cm³/mol. The summed E-state index contributed by atoms with van der Waals surface area (Å²) in [6, 6.07) is 10.5. The fourth-order valence-corrected chi connectivity index (χ4v) is 2.40. The van der Waals surface area contributed by atoms with E-state index in [1.54, 1.807) is 0 Å². The second-order valence-corrected chi connectivity index (χ2v) is 4.57. The number of nitrogens with zero attached hydrogens (tertiary/aromatic N) is 3. The van der Waals surface area contributed by atoms with E-state index in [-0.39, 0.29) is 0 Å². The third kappa shape index (κ3) is 1.90. The van der Waals surface area contributed by atoms with E-state index < -0.39 is 0 Å². The Morgan fingerprint density at radius 3 is 2.72 bits per heavy atom. The Morgan fingerprint density at radius 2 is 1.94 bits per heavy atom. The van der Waals surface area contributed by atoms with Gasteiger partial charge in [0.2, 0.25) is 0 Å². The molecule has 0 unspecified atom stereocenters. The Morgan fingerprint density at radius 1 is 1.17 bits per heavy atom. The summed E-state index contributed by atoms with van der Waals surface area (Å²) in [7, 11) is 0. The molecule has 4 nitrogen and oxygen atoms in total. The molecule has 18 heavy (non-hydrogen) atoms. The first-order chi connectivity index (χ1) is 8.74. The van der Waals surface area contributed by atoms with Crippen molar-refractivity contribution in [1.29, 1.82) is 0 Å². The van der Waals surface area contributed by atoms with Crippen LogP contribution in [-0.4, -0.2) is 16.6 Å². The van der Waals surface area contributed by atoms with Gasteiger partial charge in [0.15, 0.2) is 5.82 Å². The van der Waals surface area contributed by atoms with Gasteiger partial charge in [-0.25, -0.2) is 9.97 Å². The van der Waals surface area contributed by atoms with Gasteiger partial charge in [0.1, 0.15) is 11.5 Å². The molecule has 3 rings (SSSR count). The first-order valence-corrected chi connectivity index (χ1v) is 6.12. The monoisotopic (exact) mass is 240 g/mol. The summed E-state index contributed by atoms with van der Waals surface area (Å²) in [5, 5.41) is 3.33. The SMILES string of the molecule is Cc1nc(C)c2c(n1)NCN2Cc1ccccc1. The van der Waals surface area contributed by atoms with Crippen molar-refractivity contribution in [2.75, 3.05) is 16.9 Å². The highest BCUT2D eigenvalue weighted by atomic mass is 15.3. The summed E-state index contributed by atoms with van der Waals surface area (Å²) >= 11 is 0. The number of hydrogen-bond donors (Lipinski definition) is 1. The molecule has 1 aliphatic rings. The van der Waals surface area contributed by atoms with Gasteiger partial charge in [-0.3, -0.25) is 0 Å². The smallest absolute Gasteiger partial charge is 0.155 e. The van der Waals surface area contributed by atoms with Crippen LogP contribution < -0.4 is 10.2 Å². The van der Waals surface area contributed by atoms with Crippen LogP contribution in [0.25, 0.3) is 0 Å². The fraction of sp³-hybridized carbons (Fsp3) is 0.286. The van der Waals surface area contributed by atoms with Crippen molar-refractivity contribution in [1.82, 2.24) is 9.97 Å². The quantitative estimate of drug-likeness (QED) is 0.875. The molecule has 92 valence electrons. The molecule has 0 bridgehead atoms. The second-order valence-electron chi connectivity index (χ2n) is 4.57. The lowest BCUT2D eigenvalue weighted by atomic mass is 10.2. The van der Waals surface area contributed by atoms with Gasteiger partial charge in [-0.05, 0) is 19.4 Å². The molecular formula is C14H16N4. The summed E-state index contributed by atoms with van der Waals surface area (Å²) in [5.41, 5.74) is 3.47. The minimum atomic E-state index is 0.795. The van der Waals surface area contributed by atoms with Gasteiger partial charge >= 0.3 is 0 Å². The lowest BCUT2D eigenvalue weighted by Gasteiger charge is -2.19. The highest BCUT2D eigenvalue weighted by Gasteiger charge is 2.23. The summed E-state index contributed by atoms with van der Waals surface area (Å²) in [4.78, 5) is 11.2. The summed E-state index contributed by atoms with van der Waals surface area (Å²) < 4.78 is 0. The molecule has 0 saturated carbocycles. The van der Waals surface area contributed by atoms with Crippen LogP contribution in [-0.2, 0) is 6.54 Å². The number of fused-ring (bicyclic) bond motifs is 1. The van der Waals surface area contributed by atoms with Crippen LogP contribution >= 0.6 is 0 Å². The maximum Gasteiger partial charge on any atom is 0.155 e. The number of aromatic nitrogens is 2. The Balaban J connectivity index is 1.91. The number of rotatable bonds is 2. The highest BCUT2D eigenvalue weighted by Crippen LogP contribution is 2.32. The number of nitrogens with one attached hydrogen (secondary N) is 1. The molecule has 1 N–H and O–H groups in total. The normalized spacial score (nSPS) is 13.3. The molecule has 0 atom stereocenters. The minimum absolute atomic E-state index is 0.795. The van der Waals surface area contributed by atoms with Gasteiger partial charge < -0.3 is 10.2 Å². The van der Waals surface area contributed by atoms with Crippen LogP contribution in [0.1, 0.15) is 17.1 Å². The van der Waals surface area contributed by atoms with E-state index in [2.05, 4.69) is 44.5 Å². The van der Waals surface area contributed by atoms with Crippen molar-refractivity contribution in [3.63, 3.8) is 0 Å². The van der Waals surface area contributed by atoms with Crippen LogP contribution in [0.4, 0.5) is 11.5 Å². The number of benzene rings is 1. The molecule has 1 aliphatic heterocycles. The van der Waals surface area contributed by atoms with Gasteiger partial charge in [0.25, 0.3) is 0 Å². The summed E-state index contributed by atoms with van der Waals surface area (Å²) in [6.45, 7) is 5.64. The van der Waals surface area contributed by atoms with Gasteiger partial charge in [0.05, 0.1) is 12.4 Å². The molecular weight excluding hydrogens is 224 g/mol. The molecule has 0 saturated heterocycles. The summed E-state index contributed by atoms with van der Waals surface area (Å²) in [6.07, 6.45) is 0. The zero-order valence-electron chi connectivity index (χ0n) is 10.6. The molecule has 0 fully saturated rings. The number of aryl methyl sites for hydroxylation is 2. The lowest BCUT2D eigenvalue weighted by Crippen LogP contribution is -2.22. The highest BCUT2D eigenvalue weighted by molar-refractivity contribution is 5.73. The van der Waals surface area contributed by atoms with Crippen molar-refractivity contribution in [3.8, 4) is 0 Å². The van der Waals surface area contributed by atoms with E-state index in [9.17, 15) is 0 Å². The van der Waals surface area contributed by atoms with Crippen molar-refractivity contribution in [3.05, 3.63) is 47.4 Å². The van der Waals surface area contributed by atoms with Crippen LogP contribution in [0.5, 0.6) is 0 Å². The van der Waals surface area contributed by atoms with Crippen molar-refractivity contribution >= 4 is 11.5 Å². The molecule has 1 aromatic carbocycles. The zero-order valence-corrected chi connectivity index (χ0v) is 10.6. The zero-order chi connectivity index (χ0) is 12.5. The van der Waals surface area contributed by atoms with E-state index in [0.717, 1.165) is 36.2 Å². The summed E-state index contributed by atoms with van der Waals surface area (Å²) in [5.74, 6) is 1.77. The van der Waals surface area contributed by atoms with Gasteiger partial charge in [-0.15, -0.1) is 0 Å². The fourth-order valence-electron chi connectivity index (χ4n) is 2.40. The van der Waals surface area contributed by atoms with E-state index in [4.69, 9.17) is 0 Å². The van der Waals surface area contributed by atoms with E-state index in [1.165, 1.54) is 5.56 Å². The van der Waals surface area contributed by atoms with Crippen LogP contribution in [0.15, 0.2) is 30.3 Å². The first kappa shape index (κ1) is 11.0. The molecule has 2 heterocycles. The lowest BCUT2D eigenvalue weighted by molar-refractivity contribution is 0.863. The minimum Gasteiger partial charge on any atom is -0.351 e. The second kappa shape index (κ2) is 4.29. The third-order valence-corrected chi connectivity index (χ3v) is 3.14. The largest absolute Gasteiger partial charge is 0.351 e. The average Bonchev–Trinajstić information content (AvgIpc) is 2.73. The average molecular weight is 240 g/mol. The maximum atomic E-state index is 4.44. The maximum absolute atomic E-state index is 4.44. The van der Waals surface area contributed by atoms with Crippen LogP contribution in [0.3, 0.4) is 0 Å². The van der Waals surface area contributed by atoms with Gasteiger partial charge in [-0.2, -0.15) is 0 Å². The Labute approximate surface area is 107 Å². The van der Waals surface area contributed by atoms with E-state index >= 15 is 0 Å². The van der Waals surface area contributed by atoms with Crippen molar-refractivity contribution in [2.24, 2.45) is 0 Å². The topological polar surface area (TPSA) is 41.1 Å². The molecule has 4 heteroatoms.